The van der Waals surface area contributed by atoms with Gasteiger partial charge < -0.3 is 5.32 Å². The van der Waals surface area contributed by atoms with Gasteiger partial charge in [-0.25, -0.2) is 0 Å². The van der Waals surface area contributed by atoms with Crippen LogP contribution in [0.3, 0.4) is 0 Å². The van der Waals surface area contributed by atoms with Crippen molar-refractivity contribution in [1.82, 2.24) is 5.32 Å². The molecule has 1 N–H and O–H groups in total. The average Bonchev–Trinajstić information content (AvgIpc) is 2.63. The predicted octanol–water partition coefficient (Wildman–Crippen LogP) is 4.15. The quantitative estimate of drug-likeness (QED) is 0.848. The van der Waals surface area contributed by atoms with Crippen LogP contribution in [0.4, 0.5) is 0 Å². The number of hydrogen-bond donors (Lipinski definition) is 1. The van der Waals surface area contributed by atoms with Crippen molar-refractivity contribution in [3.05, 3.63) is 46.5 Å². The third-order valence-corrected chi connectivity index (χ3v) is 4.64. The fourth-order valence-electron chi connectivity index (χ4n) is 3.82. The van der Waals surface area contributed by atoms with E-state index in [2.05, 4.69) is 44.8 Å². The van der Waals surface area contributed by atoms with E-state index in [4.69, 9.17) is 0 Å². The first-order valence-electron chi connectivity index (χ1n) is 8.59. The Morgan fingerprint density at radius 1 is 1.21 bits per heavy atom. The van der Waals surface area contributed by atoms with Gasteiger partial charge in [0, 0.05) is 18.4 Å². The molecule has 1 saturated carbocycles. The van der Waals surface area contributed by atoms with Gasteiger partial charge in [0.25, 0.3) is 0 Å². The minimum atomic E-state index is -0.266. The Labute approximate surface area is 145 Å². The molecule has 1 aliphatic carbocycles. The van der Waals surface area contributed by atoms with Crippen molar-refractivity contribution in [2.75, 3.05) is 0 Å². The fraction of sp³-hybridized carbons (Fsp3) is 0.524. The highest BCUT2D eigenvalue weighted by molar-refractivity contribution is 5.94. The number of nitrogens with one attached hydrogen (secondary N) is 1. The van der Waals surface area contributed by atoms with Crippen molar-refractivity contribution < 1.29 is 9.59 Å². The van der Waals surface area contributed by atoms with E-state index in [1.807, 2.05) is 20.8 Å². The SMILES string of the molecule is C=C1C(CC(=O)NC(C)(C)C)CC(=O)C1c1c(C)cc(C)cc1C. The molecular formula is C21H29NO2. The summed E-state index contributed by atoms with van der Waals surface area (Å²) >= 11 is 0. The Hall–Kier alpha value is -1.90. The molecule has 0 heterocycles. The second kappa shape index (κ2) is 6.54. The van der Waals surface area contributed by atoms with Crippen LogP contribution in [0.5, 0.6) is 0 Å². The summed E-state index contributed by atoms with van der Waals surface area (Å²) in [6.45, 7) is 16.2. The van der Waals surface area contributed by atoms with Crippen LogP contribution in [0.2, 0.25) is 0 Å². The second-order valence-corrected chi connectivity index (χ2v) is 8.19. The van der Waals surface area contributed by atoms with Crippen LogP contribution in [0.1, 0.15) is 61.8 Å². The molecule has 1 fully saturated rings. The smallest absolute Gasteiger partial charge is 0.221 e. The van der Waals surface area contributed by atoms with Gasteiger partial charge in [-0.3, -0.25) is 9.59 Å². The molecule has 2 atom stereocenters. The van der Waals surface area contributed by atoms with Crippen molar-refractivity contribution in [3.8, 4) is 0 Å². The van der Waals surface area contributed by atoms with Crippen LogP contribution in [-0.2, 0) is 9.59 Å². The molecule has 130 valence electrons. The normalized spacial score (nSPS) is 21.2. The number of carbonyl (C=O) groups is 2. The lowest BCUT2D eigenvalue weighted by molar-refractivity contribution is -0.123. The van der Waals surface area contributed by atoms with E-state index in [-0.39, 0.29) is 29.1 Å². The van der Waals surface area contributed by atoms with Crippen LogP contribution in [-0.4, -0.2) is 17.2 Å². The highest BCUT2D eigenvalue weighted by atomic mass is 16.2. The van der Waals surface area contributed by atoms with E-state index >= 15 is 0 Å². The molecule has 0 bridgehead atoms. The van der Waals surface area contributed by atoms with Gasteiger partial charge in [-0.2, -0.15) is 0 Å². The number of ketones is 1. The summed E-state index contributed by atoms with van der Waals surface area (Å²) in [5, 5.41) is 2.97. The molecule has 1 amide bonds. The molecule has 1 aliphatic rings. The molecule has 0 saturated heterocycles. The molecule has 0 radical (unpaired) electrons. The monoisotopic (exact) mass is 327 g/mol. The number of amides is 1. The summed E-state index contributed by atoms with van der Waals surface area (Å²) in [6, 6.07) is 4.23. The number of allylic oxidation sites excluding steroid dienone is 1. The van der Waals surface area contributed by atoms with Crippen molar-refractivity contribution in [2.45, 2.75) is 65.8 Å². The first-order valence-corrected chi connectivity index (χ1v) is 8.59. The van der Waals surface area contributed by atoms with Gasteiger partial charge in [-0.15, -0.1) is 0 Å². The second-order valence-electron chi connectivity index (χ2n) is 8.19. The first-order chi connectivity index (χ1) is 11.0. The zero-order valence-corrected chi connectivity index (χ0v) is 15.7. The van der Waals surface area contributed by atoms with Crippen molar-refractivity contribution in [3.63, 3.8) is 0 Å². The zero-order chi connectivity index (χ0) is 18.2. The average molecular weight is 327 g/mol. The lowest BCUT2D eigenvalue weighted by atomic mass is 9.84. The van der Waals surface area contributed by atoms with Gasteiger partial charge in [-0.05, 0) is 64.2 Å². The fourth-order valence-corrected chi connectivity index (χ4v) is 3.82. The molecule has 0 aromatic heterocycles. The summed E-state index contributed by atoms with van der Waals surface area (Å²) < 4.78 is 0. The molecule has 3 nitrogen and oxygen atoms in total. The van der Waals surface area contributed by atoms with Gasteiger partial charge in [0.05, 0.1) is 5.92 Å². The zero-order valence-electron chi connectivity index (χ0n) is 15.7. The lowest BCUT2D eigenvalue weighted by Gasteiger charge is -2.23. The van der Waals surface area contributed by atoms with Gasteiger partial charge in [0.15, 0.2) is 0 Å². The van der Waals surface area contributed by atoms with E-state index in [1.54, 1.807) is 0 Å². The van der Waals surface area contributed by atoms with E-state index in [9.17, 15) is 9.59 Å². The van der Waals surface area contributed by atoms with Gasteiger partial charge in [-0.1, -0.05) is 29.8 Å². The number of carbonyl (C=O) groups excluding carboxylic acids is 2. The highest BCUT2D eigenvalue weighted by Gasteiger charge is 2.39. The van der Waals surface area contributed by atoms with Crippen LogP contribution in [0.25, 0.3) is 0 Å². The molecule has 1 aromatic carbocycles. The lowest BCUT2D eigenvalue weighted by Crippen LogP contribution is -2.41. The number of benzene rings is 1. The van der Waals surface area contributed by atoms with Crippen molar-refractivity contribution in [1.29, 1.82) is 0 Å². The van der Waals surface area contributed by atoms with Gasteiger partial charge >= 0.3 is 0 Å². The minimum absolute atomic E-state index is 0.0144. The van der Waals surface area contributed by atoms with Gasteiger partial charge in [0.2, 0.25) is 5.91 Å². The number of Topliss-reactive ketones (excluding diaryl/α,β-unsaturated/α-hetero) is 1. The van der Waals surface area contributed by atoms with E-state index < -0.39 is 0 Å². The van der Waals surface area contributed by atoms with E-state index in [0.717, 1.165) is 22.3 Å². The maximum absolute atomic E-state index is 12.7. The standard InChI is InChI=1S/C21H29NO2/c1-12-8-13(2)19(14(3)9-12)20-15(4)16(10-17(20)23)11-18(24)22-21(5,6)7/h8-9,16,20H,4,10-11H2,1-3,5-7H3,(H,22,24). The number of hydrogen-bond acceptors (Lipinski definition) is 2. The molecule has 2 unspecified atom stereocenters. The molecule has 2 rings (SSSR count). The molecule has 1 aromatic rings. The molecule has 3 heteroatoms. The molecular weight excluding hydrogens is 298 g/mol. The minimum Gasteiger partial charge on any atom is -0.351 e. The molecule has 0 aliphatic heterocycles. The largest absolute Gasteiger partial charge is 0.351 e. The predicted molar refractivity (Wildman–Crippen MR) is 98.2 cm³/mol. The summed E-state index contributed by atoms with van der Waals surface area (Å²) in [5.74, 6) is -0.161. The third-order valence-electron chi connectivity index (χ3n) is 4.64. The first kappa shape index (κ1) is 18.4. The van der Waals surface area contributed by atoms with Crippen molar-refractivity contribution >= 4 is 11.7 Å². The van der Waals surface area contributed by atoms with E-state index in [1.165, 1.54) is 5.56 Å². The Balaban J connectivity index is 2.23. The highest BCUT2D eigenvalue weighted by Crippen LogP contribution is 2.43. The summed E-state index contributed by atoms with van der Waals surface area (Å²) in [4.78, 5) is 24.9. The van der Waals surface area contributed by atoms with Crippen LogP contribution in [0, 0.1) is 26.7 Å². The Bertz CT molecular complexity index is 671. The number of aryl methyl sites for hydroxylation is 3. The third kappa shape index (κ3) is 3.95. The van der Waals surface area contributed by atoms with Crippen molar-refractivity contribution in [2.24, 2.45) is 5.92 Å². The Kier molecular flexibility index (Phi) is 5.03. The topological polar surface area (TPSA) is 46.2 Å². The summed E-state index contributed by atoms with van der Waals surface area (Å²) in [7, 11) is 0. The van der Waals surface area contributed by atoms with Crippen LogP contribution in [0.15, 0.2) is 24.3 Å². The maximum atomic E-state index is 12.7. The molecule has 24 heavy (non-hydrogen) atoms. The summed E-state index contributed by atoms with van der Waals surface area (Å²) in [5.41, 5.74) is 5.17. The van der Waals surface area contributed by atoms with Crippen LogP contribution < -0.4 is 5.32 Å². The Morgan fingerprint density at radius 3 is 2.25 bits per heavy atom. The summed E-state index contributed by atoms with van der Waals surface area (Å²) in [6.07, 6.45) is 0.746. The van der Waals surface area contributed by atoms with Crippen LogP contribution >= 0.6 is 0 Å². The van der Waals surface area contributed by atoms with E-state index in [0.29, 0.717) is 12.8 Å². The molecule has 0 spiro atoms. The van der Waals surface area contributed by atoms with Gasteiger partial charge in [0.1, 0.15) is 5.78 Å². The Morgan fingerprint density at radius 2 is 1.75 bits per heavy atom. The maximum Gasteiger partial charge on any atom is 0.221 e. The number of rotatable bonds is 3.